The fourth-order valence-electron chi connectivity index (χ4n) is 2.99. The number of alkyl halides is 1. The van der Waals surface area contributed by atoms with Gasteiger partial charge in [0, 0.05) is 12.2 Å². The Hall–Kier alpha value is -1.97. The number of hydrogen-bond donors (Lipinski definition) is 0. The second-order valence-corrected chi connectivity index (χ2v) is 11.3. The van der Waals surface area contributed by atoms with Gasteiger partial charge in [-0.1, -0.05) is 0 Å². The molecule has 0 unspecified atom stereocenters. The second kappa shape index (κ2) is 10.1. The third-order valence-electron chi connectivity index (χ3n) is 4.27. The fourth-order valence-corrected chi connectivity index (χ4v) is 4.37. The van der Waals surface area contributed by atoms with Crippen molar-refractivity contribution in [1.82, 2.24) is 4.90 Å². The maximum Gasteiger partial charge on any atom is 0.421 e. The Morgan fingerprint density at radius 2 is 1.39 bits per heavy atom. The van der Waals surface area contributed by atoms with Gasteiger partial charge >= 0.3 is 25.8 Å². The topological polar surface area (TPSA) is 118 Å². The zero-order valence-corrected chi connectivity index (χ0v) is 21.6. The van der Waals surface area contributed by atoms with Crippen LogP contribution in [0.5, 0.6) is 0 Å². The van der Waals surface area contributed by atoms with Gasteiger partial charge in [0.1, 0.15) is 11.2 Å². The quantitative estimate of drug-likeness (QED) is 0.261. The van der Waals surface area contributed by atoms with Crippen LogP contribution < -0.4 is 0 Å². The van der Waals surface area contributed by atoms with Crippen LogP contribution in [0.4, 0.5) is 14.0 Å². The molecule has 0 aromatic carbocycles. The first kappa shape index (κ1) is 29.1. The lowest BCUT2D eigenvalue weighted by Gasteiger charge is -2.33. The van der Waals surface area contributed by atoms with Gasteiger partial charge in [-0.2, -0.15) is 4.90 Å². The fraction of sp³-hybridized carbons (Fsp3) is 0.762. The molecule has 0 radical (unpaired) electrons. The molecule has 0 N–H and O–H groups in total. The zero-order chi connectivity index (χ0) is 25.9. The smallest absolute Gasteiger partial charge is 0.421 e. The maximum atomic E-state index is 16.0. The van der Waals surface area contributed by atoms with Crippen molar-refractivity contribution in [2.24, 2.45) is 0 Å². The molecule has 2 amide bonds. The summed E-state index contributed by atoms with van der Waals surface area (Å²) in [6.45, 7) is 12.4. The van der Waals surface area contributed by atoms with E-state index in [4.69, 9.17) is 23.3 Å². The van der Waals surface area contributed by atoms with Crippen LogP contribution in [-0.4, -0.2) is 65.8 Å². The van der Waals surface area contributed by atoms with Crippen LogP contribution in [0.1, 0.15) is 61.8 Å². The van der Waals surface area contributed by atoms with Crippen LogP contribution in [0.15, 0.2) is 11.9 Å². The van der Waals surface area contributed by atoms with Gasteiger partial charge in [-0.05, 0) is 61.5 Å². The average Bonchev–Trinajstić information content (AvgIpc) is 3.23. The van der Waals surface area contributed by atoms with Crippen molar-refractivity contribution >= 4 is 25.8 Å². The van der Waals surface area contributed by atoms with Crippen LogP contribution in [0, 0.1) is 0 Å². The molecule has 0 aromatic rings. The van der Waals surface area contributed by atoms with Gasteiger partial charge in [-0.3, -0.25) is 4.57 Å². The summed E-state index contributed by atoms with van der Waals surface area (Å²) in [5, 5.41) is 0. The van der Waals surface area contributed by atoms with E-state index < -0.39 is 54.6 Å². The normalized spacial score (nSPS) is 23.2. The molecular formula is C21H35FNO9P. The number of methoxy groups -OCH3 is 1. The monoisotopic (exact) mass is 495 g/mol. The predicted molar refractivity (Wildman–Crippen MR) is 118 cm³/mol. The van der Waals surface area contributed by atoms with E-state index in [-0.39, 0.29) is 18.1 Å². The number of carbonyl (C=O) groups is 3. The molecule has 10 nitrogen and oxygen atoms in total. The molecule has 12 heteroatoms. The largest absolute Gasteiger partial charge is 0.467 e. The lowest BCUT2D eigenvalue weighted by Crippen LogP contribution is -2.57. The summed E-state index contributed by atoms with van der Waals surface area (Å²) in [4.78, 5) is 39.0. The SMILES string of the molecule is CCOP(=O)(C=C[C@]1(F)C[C@@]1(C(=O)OC)N(C(=O)OC(C)(C)C)C(=O)OC(C)(C)C)OCC. The molecule has 0 aromatic heterocycles. The molecule has 33 heavy (non-hydrogen) atoms. The minimum Gasteiger partial charge on any atom is -0.467 e. The Labute approximate surface area is 194 Å². The minimum absolute atomic E-state index is 0.0188. The molecule has 0 heterocycles. The molecule has 1 rings (SSSR count). The van der Waals surface area contributed by atoms with Gasteiger partial charge in [0.05, 0.1) is 20.3 Å². The molecule has 2 atom stereocenters. The van der Waals surface area contributed by atoms with Gasteiger partial charge in [0.2, 0.25) is 0 Å². The van der Waals surface area contributed by atoms with Crippen LogP contribution in [-0.2, 0) is 32.6 Å². The first-order chi connectivity index (χ1) is 14.9. The van der Waals surface area contributed by atoms with Gasteiger partial charge in [-0.15, -0.1) is 0 Å². The Balaban J connectivity index is 3.55. The van der Waals surface area contributed by atoms with E-state index >= 15 is 4.39 Å². The predicted octanol–water partition coefficient (Wildman–Crippen LogP) is 4.96. The van der Waals surface area contributed by atoms with Crippen LogP contribution in [0.25, 0.3) is 0 Å². The first-order valence-electron chi connectivity index (χ1n) is 10.5. The number of carbonyl (C=O) groups excluding carboxylic acids is 3. The summed E-state index contributed by atoms with van der Waals surface area (Å²) >= 11 is 0. The third kappa shape index (κ3) is 7.01. The van der Waals surface area contributed by atoms with Crippen molar-refractivity contribution in [2.45, 2.75) is 84.2 Å². The Bertz CT molecular complexity index is 795. The number of halogens is 1. The number of nitrogens with zero attached hydrogens (tertiary/aromatic N) is 1. The third-order valence-corrected chi connectivity index (χ3v) is 6.02. The number of amides is 2. The number of ether oxygens (including phenoxy) is 3. The molecular weight excluding hydrogens is 460 g/mol. The van der Waals surface area contributed by atoms with E-state index in [1.54, 1.807) is 55.4 Å². The summed E-state index contributed by atoms with van der Waals surface area (Å²) in [6, 6.07) is 0. The Morgan fingerprint density at radius 1 is 0.970 bits per heavy atom. The molecule has 190 valence electrons. The number of imide groups is 1. The average molecular weight is 495 g/mol. The lowest BCUT2D eigenvalue weighted by molar-refractivity contribution is -0.150. The Kier molecular flexibility index (Phi) is 8.90. The highest BCUT2D eigenvalue weighted by molar-refractivity contribution is 7.57. The van der Waals surface area contributed by atoms with Crippen LogP contribution in [0.2, 0.25) is 0 Å². The standard InChI is InChI=1S/C21H35FNO9P/c1-10-29-33(27,30-11-2)13-12-20(22)14-21(20,15(24)28-9)23(16(25)31-18(3,4)5)17(26)32-19(6,7)8/h12-13H,10-11,14H2,1-9H3/t20-,21-/m0/s1. The summed E-state index contributed by atoms with van der Waals surface area (Å²) in [7, 11) is -2.85. The van der Waals surface area contributed by atoms with E-state index in [1.165, 1.54) is 0 Å². The highest BCUT2D eigenvalue weighted by atomic mass is 31.2. The van der Waals surface area contributed by atoms with Gasteiger partial charge < -0.3 is 23.3 Å². The van der Waals surface area contributed by atoms with Gasteiger partial charge in [0.15, 0.2) is 11.2 Å². The van der Waals surface area contributed by atoms with E-state index in [2.05, 4.69) is 0 Å². The molecule has 1 aliphatic rings. The molecule has 1 aliphatic carbocycles. The van der Waals surface area contributed by atoms with Crippen LogP contribution >= 0.6 is 7.60 Å². The van der Waals surface area contributed by atoms with E-state index in [0.29, 0.717) is 0 Å². The van der Waals surface area contributed by atoms with Crippen molar-refractivity contribution in [3.63, 3.8) is 0 Å². The number of rotatable bonds is 8. The van der Waals surface area contributed by atoms with Crippen LogP contribution in [0.3, 0.4) is 0 Å². The lowest BCUT2D eigenvalue weighted by atomic mass is 10.1. The van der Waals surface area contributed by atoms with E-state index in [1.807, 2.05) is 0 Å². The minimum atomic E-state index is -3.84. The van der Waals surface area contributed by atoms with E-state index in [9.17, 15) is 18.9 Å². The van der Waals surface area contributed by atoms with E-state index in [0.717, 1.165) is 19.0 Å². The summed E-state index contributed by atoms with van der Waals surface area (Å²) in [5.41, 5.74) is -7.22. The highest BCUT2D eigenvalue weighted by Gasteiger charge is 2.80. The van der Waals surface area contributed by atoms with Gasteiger partial charge in [-0.25, -0.2) is 18.8 Å². The molecule has 0 bridgehead atoms. The van der Waals surface area contributed by atoms with Gasteiger partial charge in [0.25, 0.3) is 0 Å². The summed E-state index contributed by atoms with van der Waals surface area (Å²) < 4.78 is 54.2. The summed E-state index contributed by atoms with van der Waals surface area (Å²) in [5.74, 6) is -0.346. The summed E-state index contributed by atoms with van der Waals surface area (Å²) in [6.07, 6.45) is -2.47. The molecule has 1 saturated carbocycles. The van der Waals surface area contributed by atoms with Crippen molar-refractivity contribution < 1.29 is 46.6 Å². The van der Waals surface area contributed by atoms with Crippen molar-refractivity contribution in [3.05, 3.63) is 11.9 Å². The number of esters is 1. The number of hydrogen-bond acceptors (Lipinski definition) is 9. The molecule has 1 fully saturated rings. The zero-order valence-electron chi connectivity index (χ0n) is 20.7. The Morgan fingerprint density at radius 3 is 1.73 bits per heavy atom. The van der Waals surface area contributed by atoms with Crippen molar-refractivity contribution in [2.75, 3.05) is 20.3 Å². The molecule has 0 saturated heterocycles. The first-order valence-corrected chi connectivity index (χ1v) is 12.1. The van der Waals surface area contributed by atoms with Crippen molar-refractivity contribution in [3.8, 4) is 0 Å². The molecule has 0 spiro atoms. The maximum absolute atomic E-state index is 16.0. The highest BCUT2D eigenvalue weighted by Crippen LogP contribution is 2.60. The second-order valence-electron chi connectivity index (χ2n) is 9.38. The molecule has 0 aliphatic heterocycles. The van der Waals surface area contributed by atoms with Crippen molar-refractivity contribution in [1.29, 1.82) is 0 Å².